The largest absolute Gasteiger partial charge is 0.496 e. The number of hydrogen-bond acceptors (Lipinski definition) is 7. The zero-order chi connectivity index (χ0) is 18.6. The molecule has 8 nitrogen and oxygen atoms in total. The molecule has 0 saturated heterocycles. The Hall–Kier alpha value is -3.59. The van der Waals surface area contributed by atoms with E-state index in [2.05, 4.69) is 25.4 Å². The number of para-hydroxylation sites is 1. The van der Waals surface area contributed by atoms with Crippen molar-refractivity contribution in [3.8, 4) is 22.1 Å². The van der Waals surface area contributed by atoms with Gasteiger partial charge in [-0.25, -0.2) is 19.6 Å². The van der Waals surface area contributed by atoms with Gasteiger partial charge in [-0.15, -0.1) is 11.3 Å². The molecule has 134 valence electrons. The molecule has 1 amide bonds. The van der Waals surface area contributed by atoms with Crippen molar-refractivity contribution in [3.63, 3.8) is 0 Å². The molecule has 0 aliphatic heterocycles. The lowest BCUT2D eigenvalue weighted by atomic mass is 10.2. The monoisotopic (exact) mass is 378 g/mol. The van der Waals surface area contributed by atoms with Crippen molar-refractivity contribution >= 4 is 22.9 Å². The van der Waals surface area contributed by atoms with E-state index in [1.807, 2.05) is 24.3 Å². The Balaban J connectivity index is 1.60. The fourth-order valence-electron chi connectivity index (χ4n) is 2.50. The van der Waals surface area contributed by atoms with Gasteiger partial charge in [0.15, 0.2) is 5.82 Å². The SMILES string of the molecule is COc1ccccc1-c1nc(C(=O)Nc2cccnc2-n2cncn2)cs1. The van der Waals surface area contributed by atoms with Gasteiger partial charge in [-0.2, -0.15) is 5.10 Å². The summed E-state index contributed by atoms with van der Waals surface area (Å²) >= 11 is 1.38. The molecule has 3 aromatic heterocycles. The van der Waals surface area contributed by atoms with Crippen LogP contribution in [-0.4, -0.2) is 37.7 Å². The normalized spacial score (nSPS) is 10.6. The van der Waals surface area contributed by atoms with Crippen LogP contribution in [0, 0.1) is 0 Å². The number of carbonyl (C=O) groups excluding carboxylic acids is 1. The van der Waals surface area contributed by atoms with E-state index in [1.165, 1.54) is 28.7 Å². The van der Waals surface area contributed by atoms with Gasteiger partial charge in [0.2, 0.25) is 0 Å². The van der Waals surface area contributed by atoms with E-state index >= 15 is 0 Å². The van der Waals surface area contributed by atoms with Crippen LogP contribution in [0.2, 0.25) is 0 Å². The van der Waals surface area contributed by atoms with Crippen LogP contribution in [0.5, 0.6) is 5.75 Å². The average Bonchev–Trinajstić information content (AvgIpc) is 3.40. The van der Waals surface area contributed by atoms with Gasteiger partial charge in [0.25, 0.3) is 5.91 Å². The van der Waals surface area contributed by atoms with Crippen LogP contribution < -0.4 is 10.1 Å². The quantitative estimate of drug-likeness (QED) is 0.574. The highest BCUT2D eigenvalue weighted by Crippen LogP contribution is 2.32. The molecule has 0 radical (unpaired) electrons. The van der Waals surface area contributed by atoms with Crippen molar-refractivity contribution in [2.45, 2.75) is 0 Å². The van der Waals surface area contributed by atoms with Gasteiger partial charge < -0.3 is 10.1 Å². The Morgan fingerprint density at radius 2 is 2.11 bits per heavy atom. The molecule has 0 spiro atoms. The predicted molar refractivity (Wildman–Crippen MR) is 101 cm³/mol. The highest BCUT2D eigenvalue weighted by molar-refractivity contribution is 7.13. The van der Waals surface area contributed by atoms with Crippen LogP contribution in [-0.2, 0) is 0 Å². The summed E-state index contributed by atoms with van der Waals surface area (Å²) in [6.07, 6.45) is 4.54. The number of amides is 1. The molecule has 0 bridgehead atoms. The van der Waals surface area contributed by atoms with Crippen LogP contribution in [0.4, 0.5) is 5.69 Å². The average molecular weight is 378 g/mol. The van der Waals surface area contributed by atoms with E-state index in [4.69, 9.17) is 4.74 Å². The Kier molecular flexibility index (Phi) is 4.58. The third-order valence-electron chi connectivity index (χ3n) is 3.74. The molecule has 9 heteroatoms. The van der Waals surface area contributed by atoms with E-state index in [9.17, 15) is 4.79 Å². The van der Waals surface area contributed by atoms with E-state index in [0.29, 0.717) is 28.0 Å². The summed E-state index contributed by atoms with van der Waals surface area (Å²) in [6, 6.07) is 11.0. The number of benzene rings is 1. The Morgan fingerprint density at radius 1 is 1.22 bits per heavy atom. The highest BCUT2D eigenvalue weighted by Gasteiger charge is 2.16. The number of rotatable bonds is 5. The van der Waals surface area contributed by atoms with Crippen molar-refractivity contribution < 1.29 is 9.53 Å². The molecule has 4 rings (SSSR count). The number of carbonyl (C=O) groups is 1. The van der Waals surface area contributed by atoms with E-state index in [-0.39, 0.29) is 5.91 Å². The van der Waals surface area contributed by atoms with Crippen molar-refractivity contribution in [2.75, 3.05) is 12.4 Å². The predicted octanol–water partition coefficient (Wildman–Crippen LogP) is 3.05. The standard InChI is InChI=1S/C18H14N6O2S/c1-26-15-7-3-2-5-12(15)18-23-14(9-27-18)17(25)22-13-6-4-8-20-16(13)24-11-19-10-21-24/h2-11H,1H3,(H,22,25). The van der Waals surface area contributed by atoms with Crippen molar-refractivity contribution in [3.05, 3.63) is 66.3 Å². The smallest absolute Gasteiger partial charge is 0.275 e. The summed E-state index contributed by atoms with van der Waals surface area (Å²) in [4.78, 5) is 25.3. The summed E-state index contributed by atoms with van der Waals surface area (Å²) in [7, 11) is 1.61. The van der Waals surface area contributed by atoms with Crippen LogP contribution in [0.25, 0.3) is 16.4 Å². The first-order valence-corrected chi connectivity index (χ1v) is 8.84. The number of nitrogens with one attached hydrogen (secondary N) is 1. The Morgan fingerprint density at radius 3 is 2.93 bits per heavy atom. The number of ether oxygens (including phenoxy) is 1. The number of aromatic nitrogens is 5. The molecule has 27 heavy (non-hydrogen) atoms. The third kappa shape index (κ3) is 3.40. The van der Waals surface area contributed by atoms with Crippen LogP contribution in [0.3, 0.4) is 0 Å². The van der Waals surface area contributed by atoms with E-state index < -0.39 is 0 Å². The maximum absolute atomic E-state index is 12.7. The van der Waals surface area contributed by atoms with Crippen LogP contribution in [0.1, 0.15) is 10.5 Å². The minimum atomic E-state index is -0.332. The second kappa shape index (κ2) is 7.34. The number of thiazole rings is 1. The number of nitrogens with zero attached hydrogens (tertiary/aromatic N) is 5. The van der Waals surface area contributed by atoms with Gasteiger partial charge in [0.05, 0.1) is 18.4 Å². The second-order valence-electron chi connectivity index (χ2n) is 5.41. The maximum atomic E-state index is 12.7. The fourth-order valence-corrected chi connectivity index (χ4v) is 3.33. The molecule has 3 heterocycles. The number of anilines is 1. The second-order valence-corrected chi connectivity index (χ2v) is 6.27. The van der Waals surface area contributed by atoms with Gasteiger partial charge in [0, 0.05) is 11.6 Å². The third-order valence-corrected chi connectivity index (χ3v) is 4.62. The Bertz CT molecular complexity index is 1080. The van der Waals surface area contributed by atoms with Gasteiger partial charge in [-0.1, -0.05) is 12.1 Å². The van der Waals surface area contributed by atoms with Crippen molar-refractivity contribution in [1.29, 1.82) is 0 Å². The molecule has 0 fully saturated rings. The van der Waals surface area contributed by atoms with Crippen molar-refractivity contribution in [2.24, 2.45) is 0 Å². The molecule has 1 aromatic carbocycles. The summed E-state index contributed by atoms with van der Waals surface area (Å²) < 4.78 is 6.85. The van der Waals surface area contributed by atoms with Crippen LogP contribution >= 0.6 is 11.3 Å². The maximum Gasteiger partial charge on any atom is 0.275 e. The molecule has 0 saturated carbocycles. The topological polar surface area (TPSA) is 94.8 Å². The van der Waals surface area contributed by atoms with Crippen LogP contribution in [0.15, 0.2) is 60.6 Å². The van der Waals surface area contributed by atoms with Gasteiger partial charge in [0.1, 0.15) is 29.1 Å². The van der Waals surface area contributed by atoms with E-state index in [0.717, 1.165) is 5.56 Å². The molecule has 0 unspecified atom stereocenters. The lowest BCUT2D eigenvalue weighted by Gasteiger charge is -2.08. The molecular formula is C18H14N6O2S. The molecule has 0 aliphatic rings. The first kappa shape index (κ1) is 16.9. The van der Waals surface area contributed by atoms with E-state index in [1.54, 1.807) is 30.8 Å². The molecular weight excluding hydrogens is 364 g/mol. The zero-order valence-corrected chi connectivity index (χ0v) is 15.1. The molecule has 0 aliphatic carbocycles. The first-order valence-electron chi connectivity index (χ1n) is 7.96. The summed E-state index contributed by atoms with van der Waals surface area (Å²) in [6.45, 7) is 0. The Labute approximate surface area is 158 Å². The number of hydrogen-bond donors (Lipinski definition) is 1. The summed E-state index contributed by atoms with van der Waals surface area (Å²) in [5.41, 5.74) is 1.67. The molecule has 0 atom stereocenters. The van der Waals surface area contributed by atoms with Gasteiger partial charge >= 0.3 is 0 Å². The minimum absolute atomic E-state index is 0.314. The van der Waals surface area contributed by atoms with Crippen molar-refractivity contribution in [1.82, 2.24) is 24.7 Å². The molecule has 4 aromatic rings. The lowest BCUT2D eigenvalue weighted by molar-refractivity contribution is 0.102. The zero-order valence-electron chi connectivity index (χ0n) is 14.2. The number of methoxy groups -OCH3 is 1. The van der Waals surface area contributed by atoms with Gasteiger partial charge in [-0.3, -0.25) is 4.79 Å². The highest BCUT2D eigenvalue weighted by atomic mass is 32.1. The lowest BCUT2D eigenvalue weighted by Crippen LogP contribution is -2.15. The number of pyridine rings is 1. The van der Waals surface area contributed by atoms with Gasteiger partial charge in [-0.05, 0) is 24.3 Å². The summed E-state index contributed by atoms with van der Waals surface area (Å²) in [5.74, 6) is 0.852. The minimum Gasteiger partial charge on any atom is -0.496 e. The first-order chi connectivity index (χ1) is 13.3. The summed E-state index contributed by atoms with van der Waals surface area (Å²) in [5, 5.41) is 9.31. The molecule has 1 N–H and O–H groups in total. The fraction of sp³-hybridized carbons (Fsp3) is 0.0556.